The van der Waals surface area contributed by atoms with E-state index in [4.69, 9.17) is 24.5 Å². The second kappa shape index (κ2) is 9.91. The lowest BCUT2D eigenvalue weighted by atomic mass is 10.2. The molecule has 1 aliphatic rings. The number of amidine groups is 1. The minimum Gasteiger partial charge on any atom is -0.492 e. The maximum Gasteiger partial charge on any atom is 0.414 e. The first-order chi connectivity index (χ1) is 11.8. The zero-order valence-corrected chi connectivity index (χ0v) is 14.0. The van der Waals surface area contributed by atoms with E-state index in [0.717, 1.165) is 31.2 Å². The van der Waals surface area contributed by atoms with E-state index in [0.29, 0.717) is 12.2 Å². The van der Waals surface area contributed by atoms with E-state index in [9.17, 15) is 4.79 Å². The summed E-state index contributed by atoms with van der Waals surface area (Å²) in [6.07, 6.45) is 0. The van der Waals surface area contributed by atoms with Crippen molar-refractivity contribution in [2.75, 3.05) is 33.4 Å². The number of methoxy groups -OCH3 is 1. The Kier molecular flexibility index (Phi) is 7.91. The van der Waals surface area contributed by atoms with Crippen LogP contribution in [-0.4, -0.2) is 72.2 Å². The molecule has 1 aliphatic heterocycles. The quantitative estimate of drug-likeness (QED) is 0.587. The number of carbonyl (C=O) groups is 3. The largest absolute Gasteiger partial charge is 0.492 e. The van der Waals surface area contributed by atoms with Crippen LogP contribution in [0.15, 0.2) is 29.3 Å². The van der Waals surface area contributed by atoms with Crippen LogP contribution in [0.4, 0.5) is 0 Å². The van der Waals surface area contributed by atoms with Gasteiger partial charge in [-0.1, -0.05) is 0 Å². The summed E-state index contributed by atoms with van der Waals surface area (Å²) in [5, 5.41) is 14.8. The summed E-state index contributed by atoms with van der Waals surface area (Å²) in [7, 11) is 1.37. The number of hydrogen-bond donors (Lipinski definition) is 2. The van der Waals surface area contributed by atoms with Crippen molar-refractivity contribution in [3.05, 3.63) is 29.8 Å². The van der Waals surface area contributed by atoms with Gasteiger partial charge < -0.3 is 24.6 Å². The molecule has 0 bridgehead atoms. The van der Waals surface area contributed by atoms with Gasteiger partial charge in [-0.05, 0) is 31.2 Å². The molecule has 1 aromatic rings. The summed E-state index contributed by atoms with van der Waals surface area (Å²) in [6.45, 7) is 5.28. The Balaban J connectivity index is 0.000000450. The molecular formula is C16H20N2O7. The van der Waals surface area contributed by atoms with Gasteiger partial charge in [-0.25, -0.2) is 14.4 Å². The van der Waals surface area contributed by atoms with Crippen LogP contribution in [0.5, 0.6) is 5.75 Å². The molecule has 0 radical (unpaired) electrons. The fourth-order valence-corrected chi connectivity index (χ4v) is 1.95. The average Bonchev–Trinajstić information content (AvgIpc) is 3.00. The van der Waals surface area contributed by atoms with Gasteiger partial charge >= 0.3 is 17.9 Å². The topological polar surface area (TPSA) is 126 Å². The van der Waals surface area contributed by atoms with Crippen LogP contribution in [-0.2, 0) is 14.3 Å². The Labute approximate surface area is 144 Å². The number of nitrogens with zero attached hydrogens (tertiary/aromatic N) is 2. The van der Waals surface area contributed by atoms with E-state index in [1.165, 1.54) is 7.11 Å². The van der Waals surface area contributed by atoms with Gasteiger partial charge in [0, 0.05) is 6.54 Å². The van der Waals surface area contributed by atoms with Crippen LogP contribution in [0.2, 0.25) is 0 Å². The van der Waals surface area contributed by atoms with E-state index >= 15 is 0 Å². The van der Waals surface area contributed by atoms with Crippen molar-refractivity contribution in [2.24, 2.45) is 4.99 Å². The number of rotatable bonds is 5. The van der Waals surface area contributed by atoms with Crippen LogP contribution in [0.3, 0.4) is 0 Å². The predicted molar refractivity (Wildman–Crippen MR) is 88.1 cm³/mol. The van der Waals surface area contributed by atoms with Gasteiger partial charge in [0.05, 0.1) is 31.6 Å². The molecule has 0 aliphatic carbocycles. The number of esters is 1. The molecule has 9 heteroatoms. The number of ether oxygens (including phenoxy) is 2. The van der Waals surface area contributed by atoms with Crippen molar-refractivity contribution in [3.8, 4) is 5.75 Å². The van der Waals surface area contributed by atoms with Crippen molar-refractivity contribution in [1.82, 2.24) is 4.90 Å². The first-order valence-corrected chi connectivity index (χ1v) is 7.38. The van der Waals surface area contributed by atoms with E-state index in [1.54, 1.807) is 24.3 Å². The molecule has 2 N–H and O–H groups in total. The second-order valence-corrected chi connectivity index (χ2v) is 4.89. The number of aliphatic carboxylic acids is 2. The molecule has 9 nitrogen and oxygen atoms in total. The van der Waals surface area contributed by atoms with Crippen LogP contribution in [0, 0.1) is 0 Å². The minimum atomic E-state index is -1.82. The highest BCUT2D eigenvalue weighted by atomic mass is 16.5. The smallest absolute Gasteiger partial charge is 0.414 e. The summed E-state index contributed by atoms with van der Waals surface area (Å²) in [4.78, 5) is 36.0. The minimum absolute atomic E-state index is 0.338. The molecule has 0 spiro atoms. The summed E-state index contributed by atoms with van der Waals surface area (Å²) in [5.74, 6) is -2.16. The van der Waals surface area contributed by atoms with E-state index in [1.807, 2.05) is 6.92 Å². The van der Waals surface area contributed by atoms with Crippen LogP contribution in [0.25, 0.3) is 0 Å². The van der Waals surface area contributed by atoms with Crippen molar-refractivity contribution in [2.45, 2.75) is 6.92 Å². The lowest BCUT2D eigenvalue weighted by Gasteiger charge is -2.18. The molecular weight excluding hydrogens is 332 g/mol. The lowest BCUT2D eigenvalue weighted by Crippen LogP contribution is -2.30. The highest BCUT2D eigenvalue weighted by Crippen LogP contribution is 2.13. The van der Waals surface area contributed by atoms with Gasteiger partial charge in [-0.15, -0.1) is 0 Å². The highest BCUT2D eigenvalue weighted by Gasteiger charge is 2.11. The first kappa shape index (κ1) is 19.9. The fraction of sp³-hybridized carbons (Fsp3) is 0.375. The third-order valence-electron chi connectivity index (χ3n) is 3.26. The lowest BCUT2D eigenvalue weighted by molar-refractivity contribution is -0.159. The molecule has 1 aromatic carbocycles. The Morgan fingerprint density at radius 1 is 1.16 bits per heavy atom. The number of carboxylic acids is 2. The Morgan fingerprint density at radius 2 is 1.76 bits per heavy atom. The number of carboxylic acid groups (broad SMARTS) is 2. The zero-order chi connectivity index (χ0) is 18.8. The summed E-state index contributed by atoms with van der Waals surface area (Å²) in [6, 6.07) is 6.95. The molecule has 0 saturated carbocycles. The van der Waals surface area contributed by atoms with Gasteiger partial charge in [0.15, 0.2) is 0 Å². The molecule has 0 unspecified atom stereocenters. The highest BCUT2D eigenvalue weighted by molar-refractivity contribution is 6.27. The monoisotopic (exact) mass is 352 g/mol. The van der Waals surface area contributed by atoms with Gasteiger partial charge in [0.25, 0.3) is 0 Å². The molecule has 2 rings (SSSR count). The molecule has 0 saturated heterocycles. The molecule has 0 fully saturated rings. The van der Waals surface area contributed by atoms with Crippen LogP contribution < -0.4 is 4.74 Å². The molecule has 0 aromatic heterocycles. The van der Waals surface area contributed by atoms with E-state index < -0.39 is 11.9 Å². The second-order valence-electron chi connectivity index (χ2n) is 4.89. The van der Waals surface area contributed by atoms with Gasteiger partial charge in [0.2, 0.25) is 0 Å². The van der Waals surface area contributed by atoms with Crippen molar-refractivity contribution < 1.29 is 34.1 Å². The maximum absolute atomic E-state index is 11.3. The SMILES string of the molecule is COC(=O)c1ccc(OCCN2CCN=C2C)cc1.O=C(O)C(=O)O. The van der Waals surface area contributed by atoms with E-state index in [2.05, 4.69) is 14.6 Å². The zero-order valence-electron chi connectivity index (χ0n) is 14.0. The van der Waals surface area contributed by atoms with Gasteiger partial charge in [-0.3, -0.25) is 4.99 Å². The Hall–Kier alpha value is -3.10. The molecule has 0 atom stereocenters. The fourth-order valence-electron chi connectivity index (χ4n) is 1.95. The predicted octanol–water partition coefficient (Wildman–Crippen LogP) is 0.742. The molecule has 136 valence electrons. The maximum atomic E-state index is 11.3. The summed E-state index contributed by atoms with van der Waals surface area (Å²) >= 11 is 0. The third-order valence-corrected chi connectivity index (χ3v) is 3.26. The summed E-state index contributed by atoms with van der Waals surface area (Å²) < 4.78 is 10.3. The van der Waals surface area contributed by atoms with E-state index in [-0.39, 0.29) is 5.97 Å². The van der Waals surface area contributed by atoms with Crippen molar-refractivity contribution in [1.29, 1.82) is 0 Å². The normalized spacial score (nSPS) is 12.6. The Bertz CT molecular complexity index is 628. The van der Waals surface area contributed by atoms with Gasteiger partial charge in [0.1, 0.15) is 12.4 Å². The van der Waals surface area contributed by atoms with Crippen molar-refractivity contribution >= 4 is 23.7 Å². The average molecular weight is 352 g/mol. The van der Waals surface area contributed by atoms with Crippen LogP contribution in [0.1, 0.15) is 17.3 Å². The Morgan fingerprint density at radius 3 is 2.20 bits per heavy atom. The third kappa shape index (κ3) is 6.90. The number of benzene rings is 1. The van der Waals surface area contributed by atoms with Gasteiger partial charge in [-0.2, -0.15) is 0 Å². The molecule has 0 amide bonds. The molecule has 25 heavy (non-hydrogen) atoms. The van der Waals surface area contributed by atoms with Crippen LogP contribution >= 0.6 is 0 Å². The number of aliphatic imine (C=N–C) groups is 1. The first-order valence-electron chi connectivity index (χ1n) is 7.38. The molecule has 1 heterocycles. The standard InChI is InChI=1S/C14H18N2O3.C2H2O4/c1-11-15-7-8-16(11)9-10-19-13-5-3-12(4-6-13)14(17)18-2;3-1(4)2(5)6/h3-6H,7-10H2,1-2H3;(H,3,4)(H,5,6). The number of hydrogen-bond acceptors (Lipinski definition) is 7. The number of carbonyl (C=O) groups excluding carboxylic acids is 1. The summed E-state index contributed by atoms with van der Waals surface area (Å²) in [5.41, 5.74) is 0.525. The van der Waals surface area contributed by atoms with Crippen molar-refractivity contribution in [3.63, 3.8) is 0 Å².